The molecule has 0 unspecified atom stereocenters. The number of aliphatic carboxylic acids is 1. The highest BCUT2D eigenvalue weighted by atomic mass is 16.4. The summed E-state index contributed by atoms with van der Waals surface area (Å²) in [7, 11) is 0. The van der Waals surface area contributed by atoms with E-state index in [-0.39, 0.29) is 24.0 Å². The molecule has 0 fully saturated rings. The molecule has 0 amide bonds. The van der Waals surface area contributed by atoms with Crippen LogP contribution in [0.3, 0.4) is 0 Å². The Balaban J connectivity index is 1.77. The highest BCUT2D eigenvalue weighted by molar-refractivity contribution is 5.95. The van der Waals surface area contributed by atoms with Crippen LogP contribution in [0.1, 0.15) is 37.7 Å². The third-order valence-electron chi connectivity index (χ3n) is 4.75. The summed E-state index contributed by atoms with van der Waals surface area (Å²) < 4.78 is 0. The minimum absolute atomic E-state index is 0.0748. The monoisotopic (exact) mass is 368 g/mol. The lowest BCUT2D eigenvalue weighted by molar-refractivity contribution is -0.137. The summed E-state index contributed by atoms with van der Waals surface area (Å²) >= 11 is 0. The van der Waals surface area contributed by atoms with Gasteiger partial charge in [-0.05, 0) is 49.7 Å². The second kappa shape index (κ2) is 11.3. The molecule has 0 saturated carbocycles. The maximum atomic E-state index is 12.1. The zero-order valence-corrected chi connectivity index (χ0v) is 15.5. The van der Waals surface area contributed by atoms with Crippen molar-refractivity contribution in [1.29, 1.82) is 0 Å². The summed E-state index contributed by atoms with van der Waals surface area (Å²) in [5.74, 6) is -0.819. The van der Waals surface area contributed by atoms with E-state index in [1.807, 2.05) is 54.6 Å². The number of hydrogen-bond donors (Lipinski definition) is 2. The van der Waals surface area contributed by atoms with E-state index < -0.39 is 12.1 Å². The second-order valence-electron chi connectivity index (χ2n) is 6.92. The smallest absolute Gasteiger partial charge is 0.303 e. The lowest BCUT2D eigenvalue weighted by Crippen LogP contribution is -2.14. The van der Waals surface area contributed by atoms with Crippen molar-refractivity contribution in [1.82, 2.24) is 0 Å². The van der Waals surface area contributed by atoms with Crippen LogP contribution in [0.5, 0.6) is 0 Å². The standard InChI is InChI=1S/C23H28O4/c24-20(14-12-18-8-4-3-5-9-18)15-16-21-19(13-17-22(21)25)10-6-1-2-7-11-23(26)27/h1,3-6,8-9,13,15-17,19-21,24H,2,7,10-12,14H2,(H,26,27)/b6-1-,16-15+/t19-,20-,21+/m0/s1. The van der Waals surface area contributed by atoms with Gasteiger partial charge in [-0.15, -0.1) is 0 Å². The first-order valence-electron chi connectivity index (χ1n) is 9.55. The Morgan fingerprint density at radius 3 is 2.70 bits per heavy atom. The molecule has 0 aliphatic heterocycles. The molecule has 1 aliphatic carbocycles. The molecular weight excluding hydrogens is 340 g/mol. The lowest BCUT2D eigenvalue weighted by Gasteiger charge is -2.13. The Labute approximate surface area is 160 Å². The van der Waals surface area contributed by atoms with Gasteiger partial charge < -0.3 is 10.2 Å². The van der Waals surface area contributed by atoms with Crippen LogP contribution in [0.15, 0.2) is 66.8 Å². The van der Waals surface area contributed by atoms with Crippen LogP contribution < -0.4 is 0 Å². The number of aliphatic hydroxyl groups is 1. The molecule has 2 rings (SSSR count). The maximum absolute atomic E-state index is 12.1. The Morgan fingerprint density at radius 1 is 1.19 bits per heavy atom. The largest absolute Gasteiger partial charge is 0.481 e. The summed E-state index contributed by atoms with van der Waals surface area (Å²) in [6.07, 6.45) is 14.3. The lowest BCUT2D eigenvalue weighted by atomic mass is 9.90. The molecule has 0 spiro atoms. The number of ketones is 1. The number of benzene rings is 1. The SMILES string of the molecule is O=C(O)CCC/C=C\C[C@H]1C=CC(=O)[C@@H]1/C=C/[C@@H](O)CCc1ccccc1. The molecule has 27 heavy (non-hydrogen) atoms. The number of rotatable bonds is 11. The number of carbonyl (C=O) groups excluding carboxylic acids is 1. The van der Waals surface area contributed by atoms with E-state index in [0.29, 0.717) is 12.8 Å². The molecular formula is C23H28O4. The number of carboxylic acids is 1. The van der Waals surface area contributed by atoms with Crippen LogP contribution >= 0.6 is 0 Å². The quantitative estimate of drug-likeness (QED) is 0.455. The van der Waals surface area contributed by atoms with Crippen LogP contribution in [0.2, 0.25) is 0 Å². The molecule has 2 N–H and O–H groups in total. The fourth-order valence-electron chi connectivity index (χ4n) is 3.17. The first-order valence-corrected chi connectivity index (χ1v) is 9.55. The predicted octanol–water partition coefficient (Wildman–Crippen LogP) is 4.11. The van der Waals surface area contributed by atoms with Gasteiger partial charge in [0.2, 0.25) is 0 Å². The van der Waals surface area contributed by atoms with E-state index in [9.17, 15) is 14.7 Å². The highest BCUT2D eigenvalue weighted by Gasteiger charge is 2.26. The third kappa shape index (κ3) is 7.75. The maximum Gasteiger partial charge on any atom is 0.303 e. The molecule has 1 aliphatic rings. The Morgan fingerprint density at radius 2 is 1.96 bits per heavy atom. The zero-order chi connectivity index (χ0) is 19.5. The number of hydrogen-bond acceptors (Lipinski definition) is 3. The van der Waals surface area contributed by atoms with Crippen LogP contribution in [0.25, 0.3) is 0 Å². The van der Waals surface area contributed by atoms with Gasteiger partial charge in [0.15, 0.2) is 5.78 Å². The second-order valence-corrected chi connectivity index (χ2v) is 6.92. The van der Waals surface area contributed by atoms with Gasteiger partial charge in [0.05, 0.1) is 6.10 Å². The van der Waals surface area contributed by atoms with Crippen LogP contribution in [-0.2, 0) is 16.0 Å². The van der Waals surface area contributed by atoms with Gasteiger partial charge in [0.25, 0.3) is 0 Å². The normalized spacial score (nSPS) is 20.7. The molecule has 1 aromatic rings. The summed E-state index contributed by atoms with van der Waals surface area (Å²) in [6, 6.07) is 10.0. The molecule has 0 aromatic heterocycles. The number of aryl methyl sites for hydroxylation is 1. The van der Waals surface area contributed by atoms with Crippen molar-refractivity contribution in [2.24, 2.45) is 11.8 Å². The molecule has 144 valence electrons. The molecule has 0 heterocycles. The van der Waals surface area contributed by atoms with Crippen molar-refractivity contribution >= 4 is 11.8 Å². The fourth-order valence-corrected chi connectivity index (χ4v) is 3.17. The van der Waals surface area contributed by atoms with E-state index in [4.69, 9.17) is 5.11 Å². The Kier molecular flexibility index (Phi) is 8.72. The third-order valence-corrected chi connectivity index (χ3v) is 4.75. The van der Waals surface area contributed by atoms with E-state index >= 15 is 0 Å². The summed E-state index contributed by atoms with van der Waals surface area (Å²) in [5.41, 5.74) is 1.19. The van der Waals surface area contributed by atoms with Crippen LogP contribution in [0.4, 0.5) is 0 Å². The number of allylic oxidation sites excluding steroid dienone is 5. The number of carboxylic acid groups (broad SMARTS) is 1. The average Bonchev–Trinajstić information content (AvgIpc) is 3.01. The molecule has 0 radical (unpaired) electrons. The average molecular weight is 368 g/mol. The minimum atomic E-state index is -0.774. The van der Waals surface area contributed by atoms with Crippen molar-refractivity contribution < 1.29 is 19.8 Å². The Bertz CT molecular complexity index is 688. The van der Waals surface area contributed by atoms with Gasteiger partial charge in [-0.2, -0.15) is 0 Å². The van der Waals surface area contributed by atoms with E-state index in [1.165, 1.54) is 5.56 Å². The fraction of sp³-hybridized carbons (Fsp3) is 0.391. The van der Waals surface area contributed by atoms with Crippen molar-refractivity contribution in [3.05, 3.63) is 72.4 Å². The number of aliphatic hydroxyl groups excluding tert-OH is 1. The van der Waals surface area contributed by atoms with Crippen LogP contribution in [-0.4, -0.2) is 28.1 Å². The number of unbranched alkanes of at least 4 members (excludes halogenated alkanes) is 1. The minimum Gasteiger partial charge on any atom is -0.481 e. The van der Waals surface area contributed by atoms with Gasteiger partial charge in [0.1, 0.15) is 0 Å². The zero-order valence-electron chi connectivity index (χ0n) is 15.5. The first kappa shape index (κ1) is 20.8. The summed E-state index contributed by atoms with van der Waals surface area (Å²) in [5, 5.41) is 18.8. The van der Waals surface area contributed by atoms with Crippen molar-refractivity contribution in [2.45, 2.75) is 44.6 Å². The van der Waals surface area contributed by atoms with Crippen molar-refractivity contribution in [3.8, 4) is 0 Å². The first-order chi connectivity index (χ1) is 13.1. The molecule has 1 aromatic carbocycles. The predicted molar refractivity (Wildman–Crippen MR) is 106 cm³/mol. The Hall–Kier alpha value is -2.46. The van der Waals surface area contributed by atoms with Gasteiger partial charge >= 0.3 is 5.97 Å². The molecule has 3 atom stereocenters. The van der Waals surface area contributed by atoms with Gasteiger partial charge in [-0.1, -0.05) is 60.7 Å². The van der Waals surface area contributed by atoms with E-state index in [0.717, 1.165) is 19.3 Å². The molecule has 4 nitrogen and oxygen atoms in total. The van der Waals surface area contributed by atoms with Gasteiger partial charge in [0, 0.05) is 12.3 Å². The highest BCUT2D eigenvalue weighted by Crippen LogP contribution is 2.27. The van der Waals surface area contributed by atoms with E-state index in [2.05, 4.69) is 0 Å². The van der Waals surface area contributed by atoms with Gasteiger partial charge in [-0.25, -0.2) is 0 Å². The van der Waals surface area contributed by atoms with Crippen molar-refractivity contribution in [2.75, 3.05) is 0 Å². The topological polar surface area (TPSA) is 74.6 Å². The summed E-state index contributed by atoms with van der Waals surface area (Å²) in [6.45, 7) is 0. The van der Waals surface area contributed by atoms with Crippen LogP contribution in [0, 0.1) is 11.8 Å². The number of carbonyl (C=O) groups is 2. The van der Waals surface area contributed by atoms with Crippen molar-refractivity contribution in [3.63, 3.8) is 0 Å². The molecule has 0 saturated heterocycles. The summed E-state index contributed by atoms with van der Waals surface area (Å²) in [4.78, 5) is 22.6. The van der Waals surface area contributed by atoms with E-state index in [1.54, 1.807) is 12.2 Å². The van der Waals surface area contributed by atoms with Gasteiger partial charge in [-0.3, -0.25) is 9.59 Å². The molecule has 4 heteroatoms. The molecule has 0 bridgehead atoms.